The molecule has 1 aromatic heterocycles. The number of nitrogens with one attached hydrogen (secondary N) is 1. The molecule has 1 heterocycles. The zero-order chi connectivity index (χ0) is 23.9. The number of aromatic nitrogens is 3. The molecule has 9 heteroatoms. The second kappa shape index (κ2) is 11.2. The van der Waals surface area contributed by atoms with E-state index in [1.54, 1.807) is 23.9 Å². The molecule has 34 heavy (non-hydrogen) atoms. The van der Waals surface area contributed by atoms with Gasteiger partial charge in [0, 0.05) is 18.4 Å². The first kappa shape index (κ1) is 23.8. The average Bonchev–Trinajstić information content (AvgIpc) is 3.26. The third kappa shape index (κ3) is 5.94. The molecule has 0 fully saturated rings. The highest BCUT2D eigenvalue weighted by molar-refractivity contribution is 6.42. The summed E-state index contributed by atoms with van der Waals surface area (Å²) in [5.74, 6) is 0.442. The van der Waals surface area contributed by atoms with Gasteiger partial charge in [-0.1, -0.05) is 53.5 Å². The van der Waals surface area contributed by atoms with Crippen molar-refractivity contribution in [3.8, 4) is 23.1 Å². The zero-order valence-electron chi connectivity index (χ0n) is 18.4. The number of nitrogens with zero attached hydrogens (tertiary/aromatic N) is 3. The maximum Gasteiger partial charge on any atom is 0.336 e. The van der Waals surface area contributed by atoms with Crippen molar-refractivity contribution in [2.24, 2.45) is 0 Å². The molecule has 0 saturated heterocycles. The van der Waals surface area contributed by atoms with Crippen LogP contribution in [-0.2, 0) is 16.0 Å². The minimum Gasteiger partial charge on any atom is -0.460 e. The van der Waals surface area contributed by atoms with Crippen LogP contribution in [0.5, 0.6) is 6.01 Å². The summed E-state index contributed by atoms with van der Waals surface area (Å²) in [5.41, 5.74) is 3.09. The van der Waals surface area contributed by atoms with Gasteiger partial charge in [0.25, 0.3) is 0 Å². The largest absolute Gasteiger partial charge is 0.460 e. The average molecular weight is 497 g/mol. The van der Waals surface area contributed by atoms with E-state index in [2.05, 4.69) is 15.4 Å². The van der Waals surface area contributed by atoms with E-state index in [0.717, 1.165) is 16.8 Å². The number of carbonyl (C=O) groups is 1. The van der Waals surface area contributed by atoms with Gasteiger partial charge in [-0.2, -0.15) is 4.98 Å². The van der Waals surface area contributed by atoms with Gasteiger partial charge < -0.3 is 14.8 Å². The molecule has 174 valence electrons. The van der Waals surface area contributed by atoms with Crippen molar-refractivity contribution in [2.75, 3.05) is 25.6 Å². The molecule has 0 atom stereocenters. The van der Waals surface area contributed by atoms with Gasteiger partial charge in [0.2, 0.25) is 5.91 Å². The highest BCUT2D eigenvalue weighted by Crippen LogP contribution is 2.30. The fourth-order valence-corrected chi connectivity index (χ4v) is 3.54. The molecule has 0 aliphatic carbocycles. The summed E-state index contributed by atoms with van der Waals surface area (Å²) >= 11 is 12.3. The van der Waals surface area contributed by atoms with Gasteiger partial charge in [-0.3, -0.25) is 4.79 Å². The Morgan fingerprint density at radius 2 is 1.74 bits per heavy atom. The number of rotatable bonds is 9. The summed E-state index contributed by atoms with van der Waals surface area (Å²) in [6.45, 7) is 0.724. The third-order valence-electron chi connectivity index (χ3n) is 4.89. The summed E-state index contributed by atoms with van der Waals surface area (Å²) in [6, 6.07) is 22.3. The lowest BCUT2D eigenvalue weighted by Crippen LogP contribution is -2.14. The quantitative estimate of drug-likeness (QED) is 0.311. The molecule has 0 bridgehead atoms. The number of hydrogen-bond acceptors (Lipinski definition) is 5. The van der Waals surface area contributed by atoms with Crippen molar-refractivity contribution < 1.29 is 14.3 Å². The first-order valence-electron chi connectivity index (χ1n) is 10.5. The van der Waals surface area contributed by atoms with Gasteiger partial charge in [-0.15, -0.1) is 5.10 Å². The maximum atomic E-state index is 12.4. The van der Waals surface area contributed by atoms with Crippen LogP contribution in [0, 0.1) is 0 Å². The number of benzene rings is 3. The van der Waals surface area contributed by atoms with E-state index in [-0.39, 0.29) is 11.9 Å². The van der Waals surface area contributed by atoms with Crippen molar-refractivity contribution in [1.29, 1.82) is 0 Å². The molecule has 7 nitrogen and oxygen atoms in total. The maximum absolute atomic E-state index is 12.4. The predicted molar refractivity (Wildman–Crippen MR) is 133 cm³/mol. The van der Waals surface area contributed by atoms with Gasteiger partial charge in [-0.25, -0.2) is 4.68 Å². The van der Waals surface area contributed by atoms with E-state index < -0.39 is 0 Å². The summed E-state index contributed by atoms with van der Waals surface area (Å²) in [6.07, 6.45) is 0.301. The normalized spacial score (nSPS) is 10.8. The minimum atomic E-state index is -0.0926. The Kier molecular flexibility index (Phi) is 7.80. The monoisotopic (exact) mass is 496 g/mol. The van der Waals surface area contributed by atoms with E-state index in [1.165, 1.54) is 0 Å². The second-order valence-electron chi connectivity index (χ2n) is 7.36. The van der Waals surface area contributed by atoms with Crippen LogP contribution in [0.2, 0.25) is 10.0 Å². The number of carbonyl (C=O) groups excluding carboxylic acids is 1. The first-order valence-corrected chi connectivity index (χ1v) is 11.3. The minimum absolute atomic E-state index is 0.0926. The Balaban J connectivity index is 1.57. The fraction of sp³-hybridized carbons (Fsp3) is 0.160. The number of anilines is 1. The number of halogens is 2. The molecule has 0 unspecified atom stereocenters. The summed E-state index contributed by atoms with van der Waals surface area (Å²) in [5, 5.41) is 8.26. The molecule has 0 radical (unpaired) electrons. The summed E-state index contributed by atoms with van der Waals surface area (Å²) in [7, 11) is 1.59. The Labute approximate surface area is 207 Å². The molecular formula is C25H22Cl2N4O3. The highest BCUT2D eigenvalue weighted by atomic mass is 35.5. The molecule has 1 amide bonds. The number of ether oxygens (including phenoxy) is 2. The molecule has 0 aliphatic heterocycles. The molecule has 0 saturated carbocycles. The Hall–Kier alpha value is -3.39. The van der Waals surface area contributed by atoms with Crippen LogP contribution in [0.1, 0.15) is 5.56 Å². The lowest BCUT2D eigenvalue weighted by atomic mass is 10.1. The third-order valence-corrected chi connectivity index (χ3v) is 5.63. The standard InChI is InChI=1S/C25H22Cl2N4O3/c1-33-13-14-34-25-29-24(18-7-12-21(26)22(27)16-18)31(30-25)20-10-8-19(9-11-20)28-23(32)15-17-5-3-2-4-6-17/h2-12,16H,13-15H2,1H3,(H,28,32). The van der Waals surface area contributed by atoms with E-state index in [9.17, 15) is 4.79 Å². The van der Waals surface area contributed by atoms with Gasteiger partial charge in [0.1, 0.15) is 6.61 Å². The number of hydrogen-bond donors (Lipinski definition) is 1. The van der Waals surface area contributed by atoms with E-state index >= 15 is 0 Å². The van der Waals surface area contributed by atoms with Crippen LogP contribution in [0.4, 0.5) is 5.69 Å². The molecule has 3 aromatic carbocycles. The summed E-state index contributed by atoms with van der Waals surface area (Å²) < 4.78 is 12.3. The molecule has 0 aliphatic rings. The van der Waals surface area contributed by atoms with E-state index in [4.69, 9.17) is 32.7 Å². The van der Waals surface area contributed by atoms with Gasteiger partial charge in [-0.05, 0) is 48.0 Å². The SMILES string of the molecule is COCCOc1nc(-c2ccc(Cl)c(Cl)c2)n(-c2ccc(NC(=O)Cc3ccccc3)cc2)n1. The van der Waals surface area contributed by atoms with Crippen molar-refractivity contribution in [3.05, 3.63) is 88.4 Å². The predicted octanol–water partition coefficient (Wildman–Crippen LogP) is 5.45. The van der Waals surface area contributed by atoms with Crippen molar-refractivity contribution >= 4 is 34.8 Å². The molecule has 1 N–H and O–H groups in total. The Morgan fingerprint density at radius 1 is 0.971 bits per heavy atom. The lowest BCUT2D eigenvalue weighted by Gasteiger charge is -2.09. The fourth-order valence-electron chi connectivity index (χ4n) is 3.25. The zero-order valence-corrected chi connectivity index (χ0v) is 19.9. The highest BCUT2D eigenvalue weighted by Gasteiger charge is 2.16. The van der Waals surface area contributed by atoms with Crippen LogP contribution >= 0.6 is 23.2 Å². The summed E-state index contributed by atoms with van der Waals surface area (Å²) in [4.78, 5) is 16.9. The van der Waals surface area contributed by atoms with Crippen molar-refractivity contribution in [3.63, 3.8) is 0 Å². The van der Waals surface area contributed by atoms with E-state index in [0.29, 0.717) is 41.2 Å². The van der Waals surface area contributed by atoms with Crippen molar-refractivity contribution in [2.45, 2.75) is 6.42 Å². The topological polar surface area (TPSA) is 78.3 Å². The van der Waals surface area contributed by atoms with Crippen LogP contribution in [0.15, 0.2) is 72.8 Å². The molecule has 4 rings (SSSR count). The van der Waals surface area contributed by atoms with Crippen molar-refractivity contribution in [1.82, 2.24) is 14.8 Å². The molecule has 0 spiro atoms. The second-order valence-corrected chi connectivity index (χ2v) is 8.17. The van der Waals surface area contributed by atoms with Crippen LogP contribution in [0.3, 0.4) is 0 Å². The van der Waals surface area contributed by atoms with Gasteiger partial charge in [0.15, 0.2) is 5.82 Å². The first-order chi connectivity index (χ1) is 16.5. The molecule has 4 aromatic rings. The molecular weight excluding hydrogens is 475 g/mol. The lowest BCUT2D eigenvalue weighted by molar-refractivity contribution is -0.115. The van der Waals surface area contributed by atoms with E-state index in [1.807, 2.05) is 60.7 Å². The number of methoxy groups -OCH3 is 1. The van der Waals surface area contributed by atoms with Crippen LogP contribution in [-0.4, -0.2) is 41.0 Å². The Bertz CT molecular complexity index is 1260. The smallest absolute Gasteiger partial charge is 0.336 e. The van der Waals surface area contributed by atoms with Crippen LogP contribution in [0.25, 0.3) is 17.1 Å². The van der Waals surface area contributed by atoms with Gasteiger partial charge >= 0.3 is 6.01 Å². The number of amides is 1. The Morgan fingerprint density at radius 3 is 2.44 bits per heavy atom. The van der Waals surface area contributed by atoms with Gasteiger partial charge in [0.05, 0.1) is 28.8 Å². The van der Waals surface area contributed by atoms with Crippen LogP contribution < -0.4 is 10.1 Å².